The molecule has 0 fully saturated rings. The highest BCUT2D eigenvalue weighted by Gasteiger charge is 2.38. The van der Waals surface area contributed by atoms with E-state index in [0.29, 0.717) is 6.04 Å². The first-order valence-corrected chi connectivity index (χ1v) is 8.98. The minimum Gasteiger partial charge on any atom is -0.345 e. The molecule has 0 amide bonds. The van der Waals surface area contributed by atoms with Crippen molar-refractivity contribution in [1.82, 2.24) is 19.4 Å². The Hall–Kier alpha value is -2.24. The van der Waals surface area contributed by atoms with Crippen molar-refractivity contribution in [2.45, 2.75) is 59.3 Å². The first kappa shape index (κ1) is 17.6. The van der Waals surface area contributed by atoms with Crippen LogP contribution in [-0.4, -0.2) is 25.5 Å². The van der Waals surface area contributed by atoms with Crippen LogP contribution in [0.3, 0.4) is 0 Å². The van der Waals surface area contributed by atoms with Gasteiger partial charge in [0, 0.05) is 19.4 Å². The molecule has 6 nitrogen and oxygen atoms in total. The monoisotopic (exact) mass is 343 g/mol. The molecular weight excluding hydrogens is 312 g/mol. The van der Waals surface area contributed by atoms with Gasteiger partial charge in [-0.2, -0.15) is 5.10 Å². The molecule has 0 spiro atoms. The number of rotatable bonds is 4. The van der Waals surface area contributed by atoms with Gasteiger partial charge in [-0.15, -0.1) is 9.36 Å². The van der Waals surface area contributed by atoms with Crippen LogP contribution in [0.25, 0.3) is 0 Å². The van der Waals surface area contributed by atoms with Crippen LogP contribution in [0.5, 0.6) is 0 Å². The van der Waals surface area contributed by atoms with Gasteiger partial charge >= 0.3 is 0 Å². The highest BCUT2D eigenvalue weighted by molar-refractivity contribution is 5.44. The van der Waals surface area contributed by atoms with Crippen molar-refractivity contribution in [3.05, 3.63) is 42.1 Å². The standard InChI is InChI=1S/C19H31N6/c1-14(2)25-10-9-18(22(25)8)23-11-12-24(16(23)4)19(5,6)17-13-15(3)20-21(17)7/h9-14,16H,1-8H3/q+1/t16-/m1/s1. The van der Waals surface area contributed by atoms with Gasteiger partial charge in [-0.3, -0.25) is 4.68 Å². The smallest absolute Gasteiger partial charge is 0.198 e. The van der Waals surface area contributed by atoms with Crippen LogP contribution in [0.1, 0.15) is 52.0 Å². The number of aryl methyl sites for hydroxylation is 2. The molecule has 6 heteroatoms. The molecular formula is C19H31N6+. The first-order chi connectivity index (χ1) is 11.6. The second-order valence-electron chi connectivity index (χ2n) is 7.77. The van der Waals surface area contributed by atoms with Gasteiger partial charge in [0.15, 0.2) is 18.1 Å². The number of hydrogen-bond acceptors (Lipinski definition) is 3. The maximum absolute atomic E-state index is 4.53. The molecule has 1 aliphatic rings. The summed E-state index contributed by atoms with van der Waals surface area (Å²) in [4.78, 5) is 4.72. The number of nitrogens with zero attached hydrogens (tertiary/aromatic N) is 6. The van der Waals surface area contributed by atoms with Gasteiger partial charge in [0.2, 0.25) is 0 Å². The van der Waals surface area contributed by atoms with Gasteiger partial charge in [0.05, 0.1) is 30.0 Å². The third-order valence-corrected chi connectivity index (χ3v) is 5.32. The summed E-state index contributed by atoms with van der Waals surface area (Å²) in [6, 6.07) is 4.80. The lowest BCUT2D eigenvalue weighted by Crippen LogP contribution is -2.48. The van der Waals surface area contributed by atoms with E-state index in [1.807, 2.05) is 18.7 Å². The zero-order valence-corrected chi connectivity index (χ0v) is 16.7. The van der Waals surface area contributed by atoms with Crippen molar-refractivity contribution in [3.8, 4) is 0 Å². The molecule has 2 aromatic rings. The van der Waals surface area contributed by atoms with Gasteiger partial charge in [0.25, 0.3) is 0 Å². The van der Waals surface area contributed by atoms with Crippen molar-refractivity contribution in [2.75, 3.05) is 4.90 Å². The maximum atomic E-state index is 4.53. The van der Waals surface area contributed by atoms with E-state index in [0.717, 1.165) is 5.69 Å². The lowest BCUT2D eigenvalue weighted by atomic mass is 9.97. The molecule has 136 valence electrons. The second kappa shape index (κ2) is 5.93. The fourth-order valence-electron chi connectivity index (χ4n) is 4.00. The zero-order chi connectivity index (χ0) is 18.5. The van der Waals surface area contributed by atoms with Crippen LogP contribution in [-0.2, 0) is 19.6 Å². The summed E-state index contributed by atoms with van der Waals surface area (Å²) in [5.41, 5.74) is 2.12. The molecule has 0 saturated carbocycles. The van der Waals surface area contributed by atoms with Crippen LogP contribution in [0, 0.1) is 6.92 Å². The summed E-state index contributed by atoms with van der Waals surface area (Å²) in [7, 11) is 4.14. The Labute approximate surface area is 150 Å². The van der Waals surface area contributed by atoms with E-state index < -0.39 is 0 Å². The zero-order valence-electron chi connectivity index (χ0n) is 16.7. The Morgan fingerprint density at radius 2 is 1.88 bits per heavy atom. The second-order valence-corrected chi connectivity index (χ2v) is 7.77. The van der Waals surface area contributed by atoms with Gasteiger partial charge in [-0.25, -0.2) is 0 Å². The predicted octanol–water partition coefficient (Wildman–Crippen LogP) is 2.81. The highest BCUT2D eigenvalue weighted by Crippen LogP contribution is 2.35. The molecule has 0 aliphatic carbocycles. The van der Waals surface area contributed by atoms with E-state index in [-0.39, 0.29) is 11.7 Å². The molecule has 25 heavy (non-hydrogen) atoms. The van der Waals surface area contributed by atoms with E-state index in [2.05, 4.69) is 96.7 Å². The average Bonchev–Trinajstić information content (AvgIpc) is 3.16. The number of aromatic nitrogens is 4. The molecule has 3 rings (SSSR count). The van der Waals surface area contributed by atoms with Crippen LogP contribution in [0.15, 0.2) is 30.7 Å². The van der Waals surface area contributed by atoms with Crippen LogP contribution >= 0.6 is 0 Å². The molecule has 0 N–H and O–H groups in total. The Bertz CT molecular complexity index is 795. The topological polar surface area (TPSA) is 33.1 Å². The van der Waals surface area contributed by atoms with Gasteiger partial charge in [-0.05, 0) is 47.6 Å². The summed E-state index contributed by atoms with van der Waals surface area (Å²) in [5, 5.41) is 4.53. The van der Waals surface area contributed by atoms with Gasteiger partial charge in [0.1, 0.15) is 6.17 Å². The SMILES string of the molecule is Cc1cc(C(C)(C)N2C=CN(c3cc[n+](C(C)C)n3C)[C@H]2C)n(C)n1. The Balaban J connectivity index is 1.91. The maximum Gasteiger partial charge on any atom is 0.198 e. The Kier molecular flexibility index (Phi) is 4.17. The first-order valence-electron chi connectivity index (χ1n) is 8.98. The quantitative estimate of drug-likeness (QED) is 0.801. The van der Waals surface area contributed by atoms with Crippen LogP contribution in [0.2, 0.25) is 0 Å². The molecule has 2 aromatic heterocycles. The van der Waals surface area contributed by atoms with E-state index in [4.69, 9.17) is 0 Å². The third kappa shape index (κ3) is 2.73. The highest BCUT2D eigenvalue weighted by atomic mass is 15.5. The Morgan fingerprint density at radius 1 is 1.20 bits per heavy atom. The summed E-state index contributed by atoms with van der Waals surface area (Å²) < 4.78 is 6.46. The molecule has 1 aliphatic heterocycles. The molecule has 1 atom stereocenters. The molecule has 0 unspecified atom stereocenters. The van der Waals surface area contributed by atoms with Crippen molar-refractivity contribution in [2.24, 2.45) is 14.1 Å². The fraction of sp³-hybridized carbons (Fsp3) is 0.579. The average molecular weight is 343 g/mol. The molecule has 0 saturated heterocycles. The predicted molar refractivity (Wildman–Crippen MR) is 99.9 cm³/mol. The molecule has 3 heterocycles. The van der Waals surface area contributed by atoms with E-state index >= 15 is 0 Å². The van der Waals surface area contributed by atoms with Gasteiger partial charge in [-0.1, -0.05) is 0 Å². The summed E-state index contributed by atoms with van der Waals surface area (Å²) in [5.74, 6) is 1.19. The fourth-order valence-corrected chi connectivity index (χ4v) is 4.00. The molecule has 0 bridgehead atoms. The molecule has 0 aromatic carbocycles. The van der Waals surface area contributed by atoms with Crippen molar-refractivity contribution >= 4 is 5.82 Å². The summed E-state index contributed by atoms with van der Waals surface area (Å²) >= 11 is 0. The lowest BCUT2D eigenvalue weighted by molar-refractivity contribution is -0.789. The van der Waals surface area contributed by atoms with Crippen molar-refractivity contribution in [3.63, 3.8) is 0 Å². The number of anilines is 1. The lowest BCUT2D eigenvalue weighted by Gasteiger charge is -2.41. The normalized spacial score (nSPS) is 18.0. The van der Waals surface area contributed by atoms with E-state index in [1.54, 1.807) is 0 Å². The third-order valence-electron chi connectivity index (χ3n) is 5.32. The summed E-state index contributed by atoms with van der Waals surface area (Å²) in [6.07, 6.45) is 6.74. The Morgan fingerprint density at radius 3 is 2.40 bits per heavy atom. The van der Waals surface area contributed by atoms with Gasteiger partial charge < -0.3 is 9.80 Å². The summed E-state index contributed by atoms with van der Waals surface area (Å²) in [6.45, 7) is 13.2. The van der Waals surface area contributed by atoms with E-state index in [1.165, 1.54) is 11.5 Å². The van der Waals surface area contributed by atoms with Crippen molar-refractivity contribution < 1.29 is 4.68 Å². The molecule has 0 radical (unpaired) electrons. The number of hydrogen-bond donors (Lipinski definition) is 0. The largest absolute Gasteiger partial charge is 0.345 e. The minimum atomic E-state index is -0.153. The van der Waals surface area contributed by atoms with Crippen molar-refractivity contribution in [1.29, 1.82) is 0 Å². The van der Waals surface area contributed by atoms with E-state index in [9.17, 15) is 0 Å². The van der Waals surface area contributed by atoms with Crippen LogP contribution < -0.4 is 9.58 Å². The van der Waals surface area contributed by atoms with Crippen LogP contribution in [0.4, 0.5) is 5.82 Å². The minimum absolute atomic E-state index is 0.153.